The molecule has 25 heavy (non-hydrogen) atoms. The van der Waals surface area contributed by atoms with Gasteiger partial charge < -0.3 is 0 Å². The van der Waals surface area contributed by atoms with Crippen LogP contribution in [0.4, 0.5) is 0 Å². The summed E-state index contributed by atoms with van der Waals surface area (Å²) in [6.07, 6.45) is 2.08. The zero-order valence-electron chi connectivity index (χ0n) is 13.9. The Labute approximate surface area is 150 Å². The van der Waals surface area contributed by atoms with Crippen LogP contribution in [0.5, 0.6) is 0 Å². The highest BCUT2D eigenvalue weighted by Crippen LogP contribution is 2.39. The molecule has 2 aromatic heterocycles. The summed E-state index contributed by atoms with van der Waals surface area (Å²) < 4.78 is 2.04. The minimum atomic E-state index is 0.934. The average molecular weight is 343 g/mol. The maximum Gasteiger partial charge on any atom is 0.211 e. The summed E-state index contributed by atoms with van der Waals surface area (Å²) in [4.78, 5) is 4.69. The molecule has 5 rings (SSSR count). The number of hydrogen-bond donors (Lipinski definition) is 0. The Bertz CT molecular complexity index is 1060. The molecule has 0 unspecified atom stereocenters. The van der Waals surface area contributed by atoms with Gasteiger partial charge in [-0.2, -0.15) is 5.10 Å². The zero-order valence-corrected chi connectivity index (χ0v) is 14.8. The Morgan fingerprint density at radius 2 is 1.76 bits per heavy atom. The van der Waals surface area contributed by atoms with Crippen molar-refractivity contribution in [1.82, 2.24) is 14.8 Å². The molecule has 2 heterocycles. The van der Waals surface area contributed by atoms with E-state index in [1.165, 1.54) is 27.9 Å². The molecular weight excluding hydrogens is 326 g/mol. The largest absolute Gasteiger partial charge is 0.224 e. The van der Waals surface area contributed by atoms with Gasteiger partial charge in [-0.1, -0.05) is 54.6 Å². The minimum Gasteiger partial charge on any atom is -0.224 e. The molecule has 2 aromatic carbocycles. The maximum absolute atomic E-state index is 5.02. The summed E-state index contributed by atoms with van der Waals surface area (Å²) in [5, 5.41) is 8.03. The number of thiazole rings is 1. The Morgan fingerprint density at radius 3 is 2.56 bits per heavy atom. The zero-order chi connectivity index (χ0) is 16.8. The second-order valence-electron chi connectivity index (χ2n) is 6.38. The third-order valence-corrected chi connectivity index (χ3v) is 5.67. The van der Waals surface area contributed by atoms with Crippen molar-refractivity contribution in [2.75, 3.05) is 0 Å². The Balaban J connectivity index is 1.81. The molecule has 0 amide bonds. The first-order chi connectivity index (χ1) is 12.3. The van der Waals surface area contributed by atoms with Gasteiger partial charge in [-0.05, 0) is 25.3 Å². The molecule has 4 aromatic rings. The Morgan fingerprint density at radius 1 is 0.960 bits per heavy atom. The van der Waals surface area contributed by atoms with Crippen LogP contribution in [-0.2, 0) is 12.8 Å². The van der Waals surface area contributed by atoms with Gasteiger partial charge in [0.2, 0.25) is 5.13 Å². The van der Waals surface area contributed by atoms with Crippen LogP contribution in [-0.4, -0.2) is 14.8 Å². The second-order valence-corrected chi connectivity index (χ2v) is 7.22. The molecule has 1 aliphatic rings. The molecular formula is C21H17N3S. The van der Waals surface area contributed by atoms with E-state index in [1.54, 1.807) is 11.3 Å². The standard InChI is InChI=1S/C21H17N3S/c1-14-13-25-21(22-14)24-20(16-8-3-2-4-9-16)18-12-11-15-7-5-6-10-17(15)19(18)23-24/h2-10,13H,11-12H2,1H3. The molecule has 0 atom stereocenters. The fourth-order valence-electron chi connectivity index (χ4n) is 3.60. The van der Waals surface area contributed by atoms with Gasteiger partial charge in [0.25, 0.3) is 0 Å². The van der Waals surface area contributed by atoms with Gasteiger partial charge in [0.05, 0.1) is 17.1 Å². The van der Waals surface area contributed by atoms with Crippen LogP contribution >= 0.6 is 11.3 Å². The topological polar surface area (TPSA) is 30.7 Å². The number of aromatic nitrogens is 3. The molecule has 0 bridgehead atoms. The van der Waals surface area contributed by atoms with Gasteiger partial charge in [0, 0.05) is 22.1 Å². The minimum absolute atomic E-state index is 0.934. The summed E-state index contributed by atoms with van der Waals surface area (Å²) in [5.41, 5.74) is 8.49. The third kappa shape index (κ3) is 2.33. The van der Waals surface area contributed by atoms with Gasteiger partial charge >= 0.3 is 0 Å². The third-order valence-electron chi connectivity index (χ3n) is 4.74. The number of nitrogens with zero attached hydrogens (tertiary/aromatic N) is 3. The smallest absolute Gasteiger partial charge is 0.211 e. The van der Waals surface area contributed by atoms with Crippen molar-refractivity contribution in [3.8, 4) is 27.6 Å². The van der Waals surface area contributed by atoms with Crippen LogP contribution in [0.2, 0.25) is 0 Å². The van der Waals surface area contributed by atoms with E-state index in [2.05, 4.69) is 65.0 Å². The van der Waals surface area contributed by atoms with E-state index < -0.39 is 0 Å². The SMILES string of the molecule is Cc1csc(-n2nc3c(c2-c2ccccc2)CCc2ccccc2-3)n1. The lowest BCUT2D eigenvalue weighted by atomic mass is 9.88. The van der Waals surface area contributed by atoms with E-state index in [-0.39, 0.29) is 0 Å². The van der Waals surface area contributed by atoms with E-state index in [9.17, 15) is 0 Å². The first-order valence-electron chi connectivity index (χ1n) is 8.49. The molecule has 4 heteroatoms. The quantitative estimate of drug-likeness (QED) is 0.509. The summed E-state index contributed by atoms with van der Waals surface area (Å²) in [7, 11) is 0. The number of hydrogen-bond acceptors (Lipinski definition) is 3. The van der Waals surface area contributed by atoms with Crippen molar-refractivity contribution in [1.29, 1.82) is 0 Å². The number of fused-ring (bicyclic) bond motifs is 3. The van der Waals surface area contributed by atoms with Gasteiger partial charge in [0.15, 0.2) is 0 Å². The number of benzene rings is 2. The lowest BCUT2D eigenvalue weighted by Crippen LogP contribution is -2.03. The van der Waals surface area contributed by atoms with Crippen LogP contribution in [0.15, 0.2) is 60.0 Å². The van der Waals surface area contributed by atoms with Crippen LogP contribution in [0.3, 0.4) is 0 Å². The molecule has 0 saturated heterocycles. The van der Waals surface area contributed by atoms with Gasteiger partial charge in [0.1, 0.15) is 0 Å². The van der Waals surface area contributed by atoms with E-state index in [0.29, 0.717) is 0 Å². The van der Waals surface area contributed by atoms with Crippen molar-refractivity contribution in [2.24, 2.45) is 0 Å². The van der Waals surface area contributed by atoms with E-state index >= 15 is 0 Å². The van der Waals surface area contributed by atoms with Crippen molar-refractivity contribution < 1.29 is 0 Å². The first-order valence-corrected chi connectivity index (χ1v) is 9.37. The molecule has 3 nitrogen and oxygen atoms in total. The Kier molecular flexibility index (Phi) is 3.31. The molecule has 0 spiro atoms. The maximum atomic E-state index is 5.02. The first kappa shape index (κ1) is 14.6. The van der Waals surface area contributed by atoms with Crippen molar-refractivity contribution in [2.45, 2.75) is 19.8 Å². The summed E-state index contributed by atoms with van der Waals surface area (Å²) in [6.45, 7) is 2.03. The molecule has 0 saturated carbocycles. The summed E-state index contributed by atoms with van der Waals surface area (Å²) in [5.74, 6) is 0. The van der Waals surface area contributed by atoms with Crippen LogP contribution in [0.1, 0.15) is 16.8 Å². The molecule has 122 valence electrons. The lowest BCUT2D eigenvalue weighted by molar-refractivity contribution is 0.875. The van der Waals surface area contributed by atoms with E-state index in [1.807, 2.05) is 11.6 Å². The average Bonchev–Trinajstić information content (AvgIpc) is 3.26. The molecule has 0 fully saturated rings. The lowest BCUT2D eigenvalue weighted by Gasteiger charge is -2.15. The van der Waals surface area contributed by atoms with Crippen molar-refractivity contribution >= 4 is 11.3 Å². The summed E-state index contributed by atoms with van der Waals surface area (Å²) >= 11 is 1.65. The highest BCUT2D eigenvalue weighted by atomic mass is 32.1. The molecule has 0 aliphatic heterocycles. The highest BCUT2D eigenvalue weighted by Gasteiger charge is 2.26. The molecule has 1 aliphatic carbocycles. The molecule has 0 N–H and O–H groups in total. The van der Waals surface area contributed by atoms with Crippen LogP contribution in [0, 0.1) is 6.92 Å². The Hall–Kier alpha value is -2.72. The van der Waals surface area contributed by atoms with Gasteiger partial charge in [-0.3, -0.25) is 0 Å². The monoisotopic (exact) mass is 343 g/mol. The van der Waals surface area contributed by atoms with Crippen LogP contribution in [0.25, 0.3) is 27.6 Å². The highest BCUT2D eigenvalue weighted by molar-refractivity contribution is 7.12. The fraction of sp³-hybridized carbons (Fsp3) is 0.143. The number of rotatable bonds is 2. The van der Waals surface area contributed by atoms with Crippen LogP contribution < -0.4 is 0 Å². The second kappa shape index (κ2) is 5.67. The summed E-state index contributed by atoms with van der Waals surface area (Å²) in [6, 6.07) is 19.2. The predicted molar refractivity (Wildman–Crippen MR) is 102 cm³/mol. The number of aryl methyl sites for hydroxylation is 2. The van der Waals surface area contributed by atoms with E-state index in [4.69, 9.17) is 5.10 Å². The van der Waals surface area contributed by atoms with Gasteiger partial charge in [-0.25, -0.2) is 9.67 Å². The molecule has 0 radical (unpaired) electrons. The fourth-order valence-corrected chi connectivity index (χ4v) is 4.36. The van der Waals surface area contributed by atoms with Crippen molar-refractivity contribution in [3.05, 3.63) is 76.8 Å². The van der Waals surface area contributed by atoms with E-state index in [0.717, 1.165) is 29.4 Å². The van der Waals surface area contributed by atoms with Gasteiger partial charge in [-0.15, -0.1) is 11.3 Å². The van der Waals surface area contributed by atoms with Crippen molar-refractivity contribution in [3.63, 3.8) is 0 Å². The normalized spacial score (nSPS) is 12.7. The predicted octanol–water partition coefficient (Wildman–Crippen LogP) is 5.07.